The zero-order valence-electron chi connectivity index (χ0n) is 15.0. The number of rotatable bonds is 6. The maximum Gasteiger partial charge on any atom is 0.541 e. The Morgan fingerprint density at radius 1 is 0.759 bits per heavy atom. The van der Waals surface area contributed by atoms with Crippen LogP contribution in [0.15, 0.2) is 85.1 Å². The number of hydrogen-bond acceptors (Lipinski definition) is 4. The van der Waals surface area contributed by atoms with Crippen molar-refractivity contribution >= 4 is 47.5 Å². The summed E-state index contributed by atoms with van der Waals surface area (Å²) in [6.45, 7) is 0. The van der Waals surface area contributed by atoms with E-state index in [-0.39, 0.29) is 0 Å². The van der Waals surface area contributed by atoms with E-state index < -0.39 is 7.75 Å². The van der Waals surface area contributed by atoms with Gasteiger partial charge in [0.05, 0.1) is 11.2 Å². The van der Waals surface area contributed by atoms with Crippen LogP contribution in [0.1, 0.15) is 0 Å². The molecule has 1 heterocycles. The van der Waals surface area contributed by atoms with Crippen LogP contribution in [0.4, 0.5) is 5.69 Å². The molecular formula is C21H15Cl2N2O3P. The molecule has 0 fully saturated rings. The molecule has 0 aliphatic carbocycles. The van der Waals surface area contributed by atoms with E-state index in [1.54, 1.807) is 60.8 Å². The number of aromatic nitrogens is 1. The highest BCUT2D eigenvalue weighted by atomic mass is 35.5. The number of halogens is 2. The standard InChI is InChI=1S/C21H15Cl2N2O3P/c22-16-6-10-18(11-7-16)27-29(26,28-19-12-8-17(23)9-13-19)25-20-5-1-3-15-4-2-14-24-21(15)20/h1-14H,(H,25,26). The number of nitrogens with zero attached hydrogens (tertiary/aromatic N) is 1. The van der Waals surface area contributed by atoms with Gasteiger partial charge in [-0.25, -0.2) is 4.57 Å². The van der Waals surface area contributed by atoms with Crippen LogP contribution < -0.4 is 14.1 Å². The van der Waals surface area contributed by atoms with Crippen LogP contribution in [-0.2, 0) is 4.57 Å². The Morgan fingerprint density at radius 3 is 1.90 bits per heavy atom. The Labute approximate surface area is 177 Å². The van der Waals surface area contributed by atoms with Crippen molar-refractivity contribution in [2.24, 2.45) is 0 Å². The van der Waals surface area contributed by atoms with E-state index in [1.807, 2.05) is 24.3 Å². The Morgan fingerprint density at radius 2 is 1.31 bits per heavy atom. The molecule has 4 rings (SSSR count). The number of hydrogen-bond donors (Lipinski definition) is 1. The summed E-state index contributed by atoms with van der Waals surface area (Å²) in [4.78, 5) is 4.37. The summed E-state index contributed by atoms with van der Waals surface area (Å²) in [5.74, 6) is 0.680. The fourth-order valence-corrected chi connectivity index (χ4v) is 4.33. The molecule has 0 unspecified atom stereocenters. The first-order valence-electron chi connectivity index (χ1n) is 8.63. The summed E-state index contributed by atoms with van der Waals surface area (Å²) < 4.78 is 25.2. The van der Waals surface area contributed by atoms with Crippen molar-refractivity contribution in [2.45, 2.75) is 0 Å². The zero-order chi connectivity index (χ0) is 20.3. The number of benzene rings is 3. The van der Waals surface area contributed by atoms with Gasteiger partial charge in [0.25, 0.3) is 0 Å². The van der Waals surface area contributed by atoms with E-state index in [2.05, 4.69) is 10.1 Å². The van der Waals surface area contributed by atoms with E-state index >= 15 is 0 Å². The Balaban J connectivity index is 1.71. The van der Waals surface area contributed by atoms with Gasteiger partial charge in [-0.3, -0.25) is 10.1 Å². The quantitative estimate of drug-likeness (QED) is 0.318. The molecule has 3 aromatic carbocycles. The lowest BCUT2D eigenvalue weighted by Gasteiger charge is -2.21. The summed E-state index contributed by atoms with van der Waals surface area (Å²) in [5.41, 5.74) is 1.17. The second-order valence-corrected chi connectivity index (χ2v) is 8.54. The van der Waals surface area contributed by atoms with Crippen LogP contribution in [-0.4, -0.2) is 4.98 Å². The highest BCUT2D eigenvalue weighted by molar-refractivity contribution is 7.56. The molecule has 0 radical (unpaired) electrons. The zero-order valence-corrected chi connectivity index (χ0v) is 17.4. The maximum atomic E-state index is 13.7. The smallest absolute Gasteiger partial charge is 0.400 e. The minimum absolute atomic E-state index is 0.340. The predicted octanol–water partition coefficient (Wildman–Crippen LogP) is 7.22. The second kappa shape index (κ2) is 8.34. The minimum Gasteiger partial charge on any atom is -0.400 e. The van der Waals surface area contributed by atoms with Gasteiger partial charge in [0, 0.05) is 21.6 Å². The number of fused-ring (bicyclic) bond motifs is 1. The van der Waals surface area contributed by atoms with Gasteiger partial charge < -0.3 is 9.05 Å². The third-order valence-corrected chi connectivity index (χ3v) is 5.89. The molecule has 0 aliphatic rings. The first-order valence-corrected chi connectivity index (χ1v) is 10.9. The Bertz CT molecular complexity index is 1130. The molecule has 146 valence electrons. The average molecular weight is 445 g/mol. The van der Waals surface area contributed by atoms with Crippen molar-refractivity contribution in [2.75, 3.05) is 5.09 Å². The number of para-hydroxylation sites is 1. The van der Waals surface area contributed by atoms with Gasteiger partial charge in [0.2, 0.25) is 0 Å². The maximum absolute atomic E-state index is 13.7. The topological polar surface area (TPSA) is 60.5 Å². The van der Waals surface area contributed by atoms with Gasteiger partial charge in [-0.2, -0.15) is 0 Å². The Hall–Kier alpha value is -2.72. The van der Waals surface area contributed by atoms with E-state index in [0.29, 0.717) is 32.7 Å². The highest BCUT2D eigenvalue weighted by Crippen LogP contribution is 2.49. The van der Waals surface area contributed by atoms with Gasteiger partial charge in [0.15, 0.2) is 0 Å². The van der Waals surface area contributed by atoms with E-state index in [9.17, 15) is 4.57 Å². The average Bonchev–Trinajstić information content (AvgIpc) is 2.72. The predicted molar refractivity (Wildman–Crippen MR) is 117 cm³/mol. The summed E-state index contributed by atoms with van der Waals surface area (Å²) in [6.07, 6.45) is 1.67. The molecule has 0 atom stereocenters. The molecule has 1 aromatic heterocycles. The van der Waals surface area contributed by atoms with Crippen molar-refractivity contribution in [3.8, 4) is 11.5 Å². The molecule has 0 amide bonds. The first-order chi connectivity index (χ1) is 14.0. The molecule has 5 nitrogen and oxygen atoms in total. The van der Waals surface area contributed by atoms with Crippen molar-refractivity contribution in [1.29, 1.82) is 0 Å². The molecule has 0 saturated heterocycles. The molecule has 4 aromatic rings. The number of anilines is 1. The molecule has 29 heavy (non-hydrogen) atoms. The number of pyridine rings is 1. The fraction of sp³-hybridized carbons (Fsp3) is 0. The van der Waals surface area contributed by atoms with Crippen LogP contribution in [0.5, 0.6) is 11.5 Å². The summed E-state index contributed by atoms with van der Waals surface area (Å²) in [6, 6.07) is 22.3. The summed E-state index contributed by atoms with van der Waals surface area (Å²) in [5, 5.41) is 4.88. The SMILES string of the molecule is O=P(Nc1cccc2cccnc12)(Oc1ccc(Cl)cc1)Oc1ccc(Cl)cc1. The van der Waals surface area contributed by atoms with Crippen molar-refractivity contribution < 1.29 is 13.6 Å². The van der Waals surface area contributed by atoms with Crippen LogP contribution in [0, 0.1) is 0 Å². The largest absolute Gasteiger partial charge is 0.541 e. The lowest BCUT2D eigenvalue weighted by molar-refractivity contribution is 0.393. The van der Waals surface area contributed by atoms with Gasteiger partial charge in [-0.05, 0) is 60.7 Å². The fourth-order valence-electron chi connectivity index (χ4n) is 2.67. The highest BCUT2D eigenvalue weighted by Gasteiger charge is 2.30. The molecule has 0 aliphatic heterocycles. The third-order valence-electron chi connectivity index (χ3n) is 3.97. The lowest BCUT2D eigenvalue weighted by Crippen LogP contribution is -2.10. The molecule has 1 N–H and O–H groups in total. The lowest BCUT2D eigenvalue weighted by atomic mass is 10.2. The molecule has 0 bridgehead atoms. The third kappa shape index (κ3) is 4.83. The van der Waals surface area contributed by atoms with Crippen molar-refractivity contribution in [1.82, 2.24) is 4.98 Å². The molecule has 0 spiro atoms. The van der Waals surface area contributed by atoms with Crippen LogP contribution in [0.25, 0.3) is 10.9 Å². The molecular weight excluding hydrogens is 430 g/mol. The Kier molecular flexibility index (Phi) is 5.63. The molecule has 8 heteroatoms. The first kappa shape index (κ1) is 19.6. The van der Waals surface area contributed by atoms with Crippen LogP contribution >= 0.6 is 30.9 Å². The van der Waals surface area contributed by atoms with Gasteiger partial charge >= 0.3 is 7.75 Å². The number of nitrogens with one attached hydrogen (secondary N) is 1. The minimum atomic E-state index is -3.90. The van der Waals surface area contributed by atoms with E-state index in [4.69, 9.17) is 32.2 Å². The monoisotopic (exact) mass is 444 g/mol. The van der Waals surface area contributed by atoms with Crippen molar-refractivity contribution in [3.63, 3.8) is 0 Å². The van der Waals surface area contributed by atoms with Crippen LogP contribution in [0.3, 0.4) is 0 Å². The normalized spacial score (nSPS) is 11.2. The summed E-state index contributed by atoms with van der Waals surface area (Å²) in [7, 11) is -3.90. The van der Waals surface area contributed by atoms with Gasteiger partial charge in [-0.1, -0.05) is 41.4 Å². The van der Waals surface area contributed by atoms with Crippen LogP contribution in [0.2, 0.25) is 10.0 Å². The van der Waals surface area contributed by atoms with E-state index in [0.717, 1.165) is 5.39 Å². The van der Waals surface area contributed by atoms with Gasteiger partial charge in [-0.15, -0.1) is 0 Å². The van der Waals surface area contributed by atoms with Gasteiger partial charge in [0.1, 0.15) is 11.5 Å². The van der Waals surface area contributed by atoms with Crippen molar-refractivity contribution in [3.05, 3.63) is 95.1 Å². The summed E-state index contributed by atoms with van der Waals surface area (Å²) >= 11 is 11.9. The molecule has 0 saturated carbocycles. The van der Waals surface area contributed by atoms with E-state index in [1.165, 1.54) is 0 Å². The second-order valence-electron chi connectivity index (χ2n) is 6.08.